The van der Waals surface area contributed by atoms with Gasteiger partial charge in [0.15, 0.2) is 0 Å². The van der Waals surface area contributed by atoms with Gasteiger partial charge >= 0.3 is 5.97 Å². The molecular formula is C11H12ClN3O2S. The largest absolute Gasteiger partial charge is 0.465 e. The quantitative estimate of drug-likeness (QED) is 0.691. The van der Waals surface area contributed by atoms with E-state index in [-0.39, 0.29) is 17.8 Å². The van der Waals surface area contributed by atoms with Crippen LogP contribution in [0.1, 0.15) is 11.8 Å². The molecule has 2 aromatic rings. The maximum absolute atomic E-state index is 11.3. The number of nitrogens with one attached hydrogen (secondary N) is 1. The standard InChI is InChI=1S/C11H12ClN3O2S/c1-3-17-8(16)5-13-9-7-4-6(2)18-10(7)15-11(12)14-9/h4H,3,5H2,1-2H3,(H,13,14,15). The summed E-state index contributed by atoms with van der Waals surface area (Å²) in [6.45, 7) is 4.17. The predicted octanol–water partition coefficient (Wildman–Crippen LogP) is 2.63. The van der Waals surface area contributed by atoms with Crippen LogP contribution >= 0.6 is 22.9 Å². The van der Waals surface area contributed by atoms with Gasteiger partial charge in [-0.05, 0) is 31.5 Å². The monoisotopic (exact) mass is 285 g/mol. The molecule has 0 aliphatic rings. The van der Waals surface area contributed by atoms with Crippen molar-refractivity contribution in [3.8, 4) is 0 Å². The summed E-state index contributed by atoms with van der Waals surface area (Å²) in [7, 11) is 0. The number of ether oxygens (including phenoxy) is 1. The van der Waals surface area contributed by atoms with E-state index in [2.05, 4.69) is 15.3 Å². The summed E-state index contributed by atoms with van der Waals surface area (Å²) in [5, 5.41) is 3.95. The Balaban J connectivity index is 2.24. The van der Waals surface area contributed by atoms with Crippen molar-refractivity contribution in [1.82, 2.24) is 9.97 Å². The third-order valence-electron chi connectivity index (χ3n) is 2.19. The first-order valence-corrected chi connectivity index (χ1v) is 6.62. The molecule has 2 rings (SSSR count). The molecule has 1 N–H and O–H groups in total. The molecule has 0 atom stereocenters. The molecule has 0 aliphatic carbocycles. The molecule has 0 saturated carbocycles. The van der Waals surface area contributed by atoms with Crippen molar-refractivity contribution in [2.45, 2.75) is 13.8 Å². The molecule has 96 valence electrons. The Morgan fingerprint density at radius 2 is 2.33 bits per heavy atom. The van der Waals surface area contributed by atoms with Crippen LogP contribution in [0, 0.1) is 6.92 Å². The number of hydrogen-bond donors (Lipinski definition) is 1. The number of carbonyl (C=O) groups is 1. The molecule has 5 nitrogen and oxygen atoms in total. The molecule has 0 bridgehead atoms. The highest BCUT2D eigenvalue weighted by Crippen LogP contribution is 2.29. The molecule has 18 heavy (non-hydrogen) atoms. The van der Waals surface area contributed by atoms with Gasteiger partial charge in [-0.2, -0.15) is 0 Å². The molecule has 0 aliphatic heterocycles. The number of fused-ring (bicyclic) bond motifs is 1. The maximum atomic E-state index is 11.3. The summed E-state index contributed by atoms with van der Waals surface area (Å²) in [6.07, 6.45) is 0. The normalized spacial score (nSPS) is 10.6. The Kier molecular flexibility index (Phi) is 3.98. The third kappa shape index (κ3) is 2.88. The van der Waals surface area contributed by atoms with Gasteiger partial charge in [0, 0.05) is 4.88 Å². The Morgan fingerprint density at radius 1 is 1.56 bits per heavy atom. The van der Waals surface area contributed by atoms with Crippen LogP contribution in [0.4, 0.5) is 5.82 Å². The molecular weight excluding hydrogens is 274 g/mol. The Bertz CT molecular complexity index is 585. The van der Waals surface area contributed by atoms with E-state index in [1.54, 1.807) is 6.92 Å². The Morgan fingerprint density at radius 3 is 3.06 bits per heavy atom. The molecule has 2 aromatic heterocycles. The zero-order valence-electron chi connectivity index (χ0n) is 9.99. The van der Waals surface area contributed by atoms with Crippen molar-refractivity contribution in [3.63, 3.8) is 0 Å². The van der Waals surface area contributed by atoms with Gasteiger partial charge in [-0.25, -0.2) is 9.97 Å². The van der Waals surface area contributed by atoms with Crippen LogP contribution in [0.3, 0.4) is 0 Å². The molecule has 0 unspecified atom stereocenters. The molecule has 2 heterocycles. The summed E-state index contributed by atoms with van der Waals surface area (Å²) >= 11 is 7.37. The van der Waals surface area contributed by atoms with Crippen LogP contribution in [0.2, 0.25) is 5.28 Å². The van der Waals surface area contributed by atoms with Gasteiger partial charge in [-0.3, -0.25) is 4.79 Å². The molecule has 0 saturated heterocycles. The van der Waals surface area contributed by atoms with Crippen LogP contribution in [0.25, 0.3) is 10.2 Å². The van der Waals surface area contributed by atoms with Crippen LogP contribution < -0.4 is 5.32 Å². The van der Waals surface area contributed by atoms with E-state index >= 15 is 0 Å². The second-order valence-electron chi connectivity index (χ2n) is 3.58. The van der Waals surface area contributed by atoms with Gasteiger partial charge < -0.3 is 10.1 Å². The minimum absolute atomic E-state index is 0.0607. The van der Waals surface area contributed by atoms with E-state index < -0.39 is 0 Å². The highest BCUT2D eigenvalue weighted by molar-refractivity contribution is 7.18. The van der Waals surface area contributed by atoms with Crippen molar-refractivity contribution in [3.05, 3.63) is 16.2 Å². The second-order valence-corrected chi connectivity index (χ2v) is 5.15. The second kappa shape index (κ2) is 5.49. The van der Waals surface area contributed by atoms with Gasteiger partial charge in [0.05, 0.1) is 12.0 Å². The maximum Gasteiger partial charge on any atom is 0.325 e. The van der Waals surface area contributed by atoms with Crippen molar-refractivity contribution >= 4 is 44.9 Å². The summed E-state index contributed by atoms with van der Waals surface area (Å²) in [5.74, 6) is 0.231. The SMILES string of the molecule is CCOC(=O)CNc1nc(Cl)nc2sc(C)cc12. The smallest absolute Gasteiger partial charge is 0.325 e. The number of aromatic nitrogens is 2. The minimum atomic E-state index is -0.327. The summed E-state index contributed by atoms with van der Waals surface area (Å²) in [5.41, 5.74) is 0. The lowest BCUT2D eigenvalue weighted by molar-refractivity contribution is -0.140. The fourth-order valence-corrected chi connectivity index (χ4v) is 2.62. The van der Waals surface area contributed by atoms with Gasteiger partial charge in [-0.15, -0.1) is 11.3 Å². The zero-order valence-corrected chi connectivity index (χ0v) is 11.6. The topological polar surface area (TPSA) is 64.1 Å². The van der Waals surface area contributed by atoms with E-state index in [0.29, 0.717) is 12.4 Å². The van der Waals surface area contributed by atoms with Crippen LogP contribution in [-0.2, 0) is 9.53 Å². The molecule has 0 amide bonds. The Labute approximate surface area is 113 Å². The Hall–Kier alpha value is -1.40. The molecule has 0 fully saturated rings. The average molecular weight is 286 g/mol. The van der Waals surface area contributed by atoms with E-state index in [0.717, 1.165) is 15.1 Å². The number of thiophene rings is 1. The van der Waals surface area contributed by atoms with E-state index in [4.69, 9.17) is 16.3 Å². The van der Waals surface area contributed by atoms with Crippen molar-refractivity contribution in [2.75, 3.05) is 18.5 Å². The average Bonchev–Trinajstić information content (AvgIpc) is 2.66. The van der Waals surface area contributed by atoms with Crippen molar-refractivity contribution in [1.29, 1.82) is 0 Å². The number of carbonyl (C=O) groups excluding carboxylic acids is 1. The number of nitrogens with zero attached hydrogens (tertiary/aromatic N) is 2. The first-order valence-electron chi connectivity index (χ1n) is 5.43. The van der Waals surface area contributed by atoms with E-state index in [1.165, 1.54) is 11.3 Å². The fourth-order valence-electron chi connectivity index (χ4n) is 1.52. The van der Waals surface area contributed by atoms with Gasteiger partial charge in [-0.1, -0.05) is 0 Å². The molecule has 0 radical (unpaired) electrons. The van der Waals surface area contributed by atoms with Crippen LogP contribution in [0.15, 0.2) is 6.07 Å². The number of hydrogen-bond acceptors (Lipinski definition) is 6. The van der Waals surface area contributed by atoms with Crippen LogP contribution in [-0.4, -0.2) is 29.1 Å². The molecule has 0 spiro atoms. The lowest BCUT2D eigenvalue weighted by atomic mass is 10.3. The highest BCUT2D eigenvalue weighted by Gasteiger charge is 2.11. The van der Waals surface area contributed by atoms with Gasteiger partial charge in [0.25, 0.3) is 0 Å². The fraction of sp³-hybridized carbons (Fsp3) is 0.364. The van der Waals surface area contributed by atoms with Crippen molar-refractivity contribution in [2.24, 2.45) is 0 Å². The number of anilines is 1. The molecule has 7 heteroatoms. The van der Waals surface area contributed by atoms with Crippen molar-refractivity contribution < 1.29 is 9.53 Å². The number of esters is 1. The minimum Gasteiger partial charge on any atom is -0.465 e. The first-order chi connectivity index (χ1) is 8.60. The summed E-state index contributed by atoms with van der Waals surface area (Å²) in [4.78, 5) is 21.4. The van der Waals surface area contributed by atoms with Gasteiger partial charge in [0.1, 0.15) is 17.2 Å². The van der Waals surface area contributed by atoms with Gasteiger partial charge in [0.2, 0.25) is 5.28 Å². The predicted molar refractivity (Wildman–Crippen MR) is 72.3 cm³/mol. The lowest BCUT2D eigenvalue weighted by Gasteiger charge is -2.06. The molecule has 0 aromatic carbocycles. The highest BCUT2D eigenvalue weighted by atomic mass is 35.5. The summed E-state index contributed by atoms with van der Waals surface area (Å²) in [6, 6.07) is 1.96. The lowest BCUT2D eigenvalue weighted by Crippen LogP contribution is -2.17. The van der Waals surface area contributed by atoms with E-state index in [9.17, 15) is 4.79 Å². The summed E-state index contributed by atoms with van der Waals surface area (Å²) < 4.78 is 4.84. The number of aryl methyl sites for hydroxylation is 1. The first kappa shape index (κ1) is 13.0. The number of halogens is 1. The van der Waals surface area contributed by atoms with E-state index in [1.807, 2.05) is 13.0 Å². The number of rotatable bonds is 4. The zero-order chi connectivity index (χ0) is 13.1. The van der Waals surface area contributed by atoms with Crippen LogP contribution in [0.5, 0.6) is 0 Å². The third-order valence-corrected chi connectivity index (χ3v) is 3.31.